The van der Waals surface area contributed by atoms with Crippen LogP contribution in [0.15, 0.2) is 58.7 Å². The third-order valence-electron chi connectivity index (χ3n) is 6.14. The second-order valence-electron chi connectivity index (χ2n) is 8.24. The molecule has 156 valence electrons. The summed E-state index contributed by atoms with van der Waals surface area (Å²) in [5.74, 6) is 0.659. The minimum atomic E-state index is -4.43. The number of nitrogens with zero attached hydrogens (tertiary/aromatic N) is 2. The lowest BCUT2D eigenvalue weighted by atomic mass is 9.82. The molecule has 3 nitrogen and oxygen atoms in total. The summed E-state index contributed by atoms with van der Waals surface area (Å²) in [5.41, 5.74) is 0.736. The Morgan fingerprint density at radius 2 is 1.90 bits per heavy atom. The van der Waals surface area contributed by atoms with Gasteiger partial charge in [-0.15, -0.1) is 11.3 Å². The molecule has 1 saturated heterocycles. The number of halogens is 3. The van der Waals surface area contributed by atoms with E-state index in [1.807, 2.05) is 6.07 Å². The average Bonchev–Trinajstić information content (AvgIpc) is 3.21. The summed E-state index contributed by atoms with van der Waals surface area (Å²) in [6.07, 6.45) is -3.37. The molecule has 0 aliphatic carbocycles. The van der Waals surface area contributed by atoms with Crippen LogP contribution in [0.1, 0.15) is 28.5 Å². The van der Waals surface area contributed by atoms with Gasteiger partial charge >= 0.3 is 6.18 Å². The van der Waals surface area contributed by atoms with Crippen LogP contribution in [-0.2, 0) is 19.3 Å². The van der Waals surface area contributed by atoms with Gasteiger partial charge in [0.25, 0.3) is 5.56 Å². The molecule has 0 saturated carbocycles. The van der Waals surface area contributed by atoms with Crippen molar-refractivity contribution in [1.29, 1.82) is 0 Å². The smallest absolute Gasteiger partial charge is 0.311 e. The number of piperidine rings is 1. The first-order chi connectivity index (χ1) is 14.4. The van der Waals surface area contributed by atoms with E-state index in [0.717, 1.165) is 43.9 Å². The van der Waals surface area contributed by atoms with E-state index in [1.165, 1.54) is 10.9 Å². The minimum absolute atomic E-state index is 0.187. The molecule has 0 amide bonds. The number of likely N-dealkylation sites (tertiary alicyclic amines) is 1. The summed E-state index contributed by atoms with van der Waals surface area (Å²) < 4.78 is 41.1. The van der Waals surface area contributed by atoms with Gasteiger partial charge in [0.05, 0.1) is 5.56 Å². The molecule has 2 atom stereocenters. The van der Waals surface area contributed by atoms with Crippen LogP contribution in [0.5, 0.6) is 0 Å². The number of fused-ring (bicyclic) bond motifs is 4. The molecule has 2 aliphatic rings. The van der Waals surface area contributed by atoms with Crippen molar-refractivity contribution in [1.82, 2.24) is 9.47 Å². The van der Waals surface area contributed by atoms with Gasteiger partial charge in [-0.3, -0.25) is 9.69 Å². The Balaban J connectivity index is 1.46. The van der Waals surface area contributed by atoms with Crippen molar-refractivity contribution in [3.05, 3.63) is 80.4 Å². The number of hydrogen-bond acceptors (Lipinski definition) is 3. The summed E-state index contributed by atoms with van der Waals surface area (Å²) in [4.78, 5) is 17.0. The van der Waals surface area contributed by atoms with Gasteiger partial charge in [0, 0.05) is 48.2 Å². The molecule has 2 aliphatic heterocycles. The molecular formula is C23H21F3N2OS. The van der Waals surface area contributed by atoms with Gasteiger partial charge in [-0.1, -0.05) is 18.2 Å². The van der Waals surface area contributed by atoms with Gasteiger partial charge in [0.2, 0.25) is 0 Å². The number of hydrogen-bond donors (Lipinski definition) is 0. The van der Waals surface area contributed by atoms with Crippen LogP contribution < -0.4 is 5.56 Å². The monoisotopic (exact) mass is 430 g/mol. The number of alkyl halides is 3. The lowest BCUT2D eigenvalue weighted by molar-refractivity contribution is -0.137. The maximum Gasteiger partial charge on any atom is 0.416 e. The van der Waals surface area contributed by atoms with Gasteiger partial charge in [-0.05, 0) is 53.6 Å². The first-order valence-electron chi connectivity index (χ1n) is 10.0. The quantitative estimate of drug-likeness (QED) is 0.570. The molecule has 0 N–H and O–H groups in total. The van der Waals surface area contributed by atoms with Gasteiger partial charge in [-0.2, -0.15) is 13.2 Å². The maximum absolute atomic E-state index is 13.2. The van der Waals surface area contributed by atoms with E-state index in [1.54, 1.807) is 28.0 Å². The van der Waals surface area contributed by atoms with Crippen molar-refractivity contribution in [2.24, 2.45) is 5.92 Å². The van der Waals surface area contributed by atoms with E-state index in [-0.39, 0.29) is 11.5 Å². The Labute approximate surface area is 176 Å². The largest absolute Gasteiger partial charge is 0.416 e. The second kappa shape index (κ2) is 7.39. The summed E-state index contributed by atoms with van der Waals surface area (Å²) >= 11 is 1.76. The zero-order valence-electron chi connectivity index (χ0n) is 16.2. The van der Waals surface area contributed by atoms with Gasteiger partial charge in [0.15, 0.2) is 0 Å². The van der Waals surface area contributed by atoms with E-state index in [2.05, 4.69) is 22.4 Å². The highest BCUT2D eigenvalue weighted by Crippen LogP contribution is 2.37. The number of thiophene rings is 1. The van der Waals surface area contributed by atoms with Crippen molar-refractivity contribution < 1.29 is 13.2 Å². The normalized spacial score (nSPS) is 21.4. The first-order valence-corrected chi connectivity index (χ1v) is 10.9. The molecule has 30 heavy (non-hydrogen) atoms. The molecule has 1 aromatic carbocycles. The third-order valence-corrected chi connectivity index (χ3v) is 7.00. The topological polar surface area (TPSA) is 25.2 Å². The molecule has 5 rings (SSSR count). The van der Waals surface area contributed by atoms with Crippen LogP contribution in [0.2, 0.25) is 0 Å². The highest BCUT2D eigenvalue weighted by molar-refractivity contribution is 7.09. The molecule has 4 heterocycles. The van der Waals surface area contributed by atoms with Crippen molar-refractivity contribution in [3.63, 3.8) is 0 Å². The summed E-state index contributed by atoms with van der Waals surface area (Å²) in [7, 11) is 0. The number of rotatable bonds is 3. The summed E-state index contributed by atoms with van der Waals surface area (Å²) in [6.45, 7) is 3.39. The van der Waals surface area contributed by atoms with E-state index in [0.29, 0.717) is 23.6 Å². The fraction of sp³-hybridized carbons (Fsp3) is 0.348. The Morgan fingerprint density at radius 1 is 1.03 bits per heavy atom. The van der Waals surface area contributed by atoms with Crippen LogP contribution >= 0.6 is 11.3 Å². The highest BCUT2D eigenvalue weighted by atomic mass is 32.1. The Hall–Kier alpha value is -2.38. The Bertz CT molecular complexity index is 1120. The fourth-order valence-corrected chi connectivity index (χ4v) is 5.63. The number of aromatic nitrogens is 1. The lowest BCUT2D eigenvalue weighted by Crippen LogP contribution is -2.46. The van der Waals surface area contributed by atoms with E-state index in [9.17, 15) is 18.0 Å². The number of pyridine rings is 1. The van der Waals surface area contributed by atoms with Gasteiger partial charge < -0.3 is 4.57 Å². The van der Waals surface area contributed by atoms with Gasteiger partial charge in [0.1, 0.15) is 0 Å². The van der Waals surface area contributed by atoms with E-state index < -0.39 is 11.7 Å². The standard InChI is InChI=1S/C23H21F3N2OS/c24-23(25,26)18-4-1-3-16(10-18)20-6-7-21-17-9-15(12-28(21)22(20)29)11-27(13-17)14-19-5-2-8-30-19/h1-8,10,15,17H,9,11-14H2/t15-,17+/m0/s1. The van der Waals surface area contributed by atoms with E-state index in [4.69, 9.17) is 0 Å². The molecular weight excluding hydrogens is 409 g/mol. The zero-order valence-corrected chi connectivity index (χ0v) is 17.0. The Kier molecular flexibility index (Phi) is 4.82. The molecule has 3 aromatic rings. The lowest BCUT2D eigenvalue weighted by Gasteiger charge is -2.42. The molecule has 0 unspecified atom stereocenters. The predicted octanol–water partition coefficient (Wildman–Crippen LogP) is 5.21. The third kappa shape index (κ3) is 3.61. The highest BCUT2D eigenvalue weighted by Gasteiger charge is 2.35. The molecule has 2 aromatic heterocycles. The summed E-state index contributed by atoms with van der Waals surface area (Å²) in [6, 6.07) is 12.9. The van der Waals surface area contributed by atoms with Crippen molar-refractivity contribution in [2.75, 3.05) is 13.1 Å². The predicted molar refractivity (Wildman–Crippen MR) is 112 cm³/mol. The van der Waals surface area contributed by atoms with Crippen LogP contribution in [0.25, 0.3) is 11.1 Å². The molecule has 0 radical (unpaired) electrons. The minimum Gasteiger partial charge on any atom is -0.311 e. The summed E-state index contributed by atoms with van der Waals surface area (Å²) in [5, 5.41) is 2.09. The van der Waals surface area contributed by atoms with Crippen LogP contribution in [0.4, 0.5) is 13.2 Å². The molecule has 2 bridgehead atoms. The number of benzene rings is 1. The average molecular weight is 430 g/mol. The maximum atomic E-state index is 13.2. The fourth-order valence-electron chi connectivity index (χ4n) is 4.88. The SMILES string of the molecule is O=c1c(-c2cccc(C(F)(F)F)c2)ccc2n1C[C@H]1C[C@@H]2CN(Cc2cccs2)C1. The molecule has 1 fully saturated rings. The zero-order chi connectivity index (χ0) is 20.9. The molecule has 0 spiro atoms. The van der Waals surface area contributed by atoms with Gasteiger partial charge in [-0.25, -0.2) is 0 Å². The van der Waals surface area contributed by atoms with Crippen molar-refractivity contribution in [3.8, 4) is 11.1 Å². The van der Waals surface area contributed by atoms with Crippen LogP contribution in [0.3, 0.4) is 0 Å². The first kappa shape index (κ1) is 19.6. The molecule has 7 heteroatoms. The van der Waals surface area contributed by atoms with Crippen molar-refractivity contribution >= 4 is 11.3 Å². The second-order valence-corrected chi connectivity index (χ2v) is 9.27. The van der Waals surface area contributed by atoms with E-state index >= 15 is 0 Å². The Morgan fingerprint density at radius 3 is 2.67 bits per heavy atom. The van der Waals surface area contributed by atoms with Crippen LogP contribution in [-0.4, -0.2) is 22.6 Å². The van der Waals surface area contributed by atoms with Crippen molar-refractivity contribution in [2.45, 2.75) is 31.6 Å². The van der Waals surface area contributed by atoms with Crippen LogP contribution in [0, 0.1) is 5.92 Å².